The number of nitrogens with one attached hydrogen (secondary N) is 1. The first-order valence-electron chi connectivity index (χ1n) is 7.42. The molecule has 1 atom stereocenters. The summed E-state index contributed by atoms with van der Waals surface area (Å²) in [6.45, 7) is 3.75. The third-order valence-electron chi connectivity index (χ3n) is 3.40. The molecule has 1 unspecified atom stereocenters. The molecule has 24 heavy (non-hydrogen) atoms. The van der Waals surface area contributed by atoms with Gasteiger partial charge in [-0.2, -0.15) is 0 Å². The Labute approximate surface area is 146 Å². The highest BCUT2D eigenvalue weighted by molar-refractivity contribution is 7.99. The highest BCUT2D eigenvalue weighted by atomic mass is 32.2. The van der Waals surface area contributed by atoms with Gasteiger partial charge in [-0.3, -0.25) is 14.0 Å². The van der Waals surface area contributed by atoms with E-state index in [4.69, 9.17) is 4.42 Å². The van der Waals surface area contributed by atoms with Crippen molar-refractivity contribution in [3.63, 3.8) is 0 Å². The number of thioether (sulfide) groups is 1. The second-order valence-electron chi connectivity index (χ2n) is 5.37. The first kappa shape index (κ1) is 16.8. The van der Waals surface area contributed by atoms with Crippen LogP contribution in [-0.4, -0.2) is 21.0 Å². The minimum absolute atomic E-state index is 0.0736. The molecule has 0 bridgehead atoms. The first-order valence-corrected chi connectivity index (χ1v) is 9.45. The zero-order valence-corrected chi connectivity index (χ0v) is 14.9. The van der Waals surface area contributed by atoms with Gasteiger partial charge in [0.2, 0.25) is 5.91 Å². The predicted octanol–water partition coefficient (Wildman–Crippen LogP) is 2.77. The number of thiazole rings is 1. The lowest BCUT2D eigenvalue weighted by molar-refractivity contribution is -0.119. The van der Waals surface area contributed by atoms with Gasteiger partial charge in [0.25, 0.3) is 5.56 Å². The molecular weight excluding hydrogens is 346 g/mol. The zero-order chi connectivity index (χ0) is 17.1. The van der Waals surface area contributed by atoms with E-state index < -0.39 is 0 Å². The fourth-order valence-electron chi connectivity index (χ4n) is 2.25. The molecule has 0 aliphatic heterocycles. The van der Waals surface area contributed by atoms with E-state index in [1.54, 1.807) is 6.20 Å². The smallest absolute Gasteiger partial charge is 0.258 e. The van der Waals surface area contributed by atoms with Gasteiger partial charge in [0.1, 0.15) is 11.5 Å². The molecule has 0 fully saturated rings. The Morgan fingerprint density at radius 3 is 3.08 bits per heavy atom. The lowest BCUT2D eigenvalue weighted by Gasteiger charge is -2.11. The molecule has 3 aromatic heterocycles. The van der Waals surface area contributed by atoms with Gasteiger partial charge in [0.05, 0.1) is 17.5 Å². The Bertz CT molecular complexity index is 913. The summed E-state index contributed by atoms with van der Waals surface area (Å²) in [6.07, 6.45) is 1.71. The number of amides is 1. The maximum absolute atomic E-state index is 12.0. The highest BCUT2D eigenvalue weighted by Gasteiger charge is 2.13. The van der Waals surface area contributed by atoms with E-state index in [1.165, 1.54) is 33.6 Å². The van der Waals surface area contributed by atoms with Crippen LogP contribution in [0.5, 0.6) is 0 Å². The summed E-state index contributed by atoms with van der Waals surface area (Å²) in [5.74, 6) is 2.31. The Morgan fingerprint density at radius 1 is 1.50 bits per heavy atom. The number of furan rings is 1. The summed E-state index contributed by atoms with van der Waals surface area (Å²) < 4.78 is 7.01. The van der Waals surface area contributed by atoms with Crippen LogP contribution < -0.4 is 10.9 Å². The monoisotopic (exact) mass is 363 g/mol. The number of aryl methyl sites for hydroxylation is 1. The Balaban J connectivity index is 1.51. The summed E-state index contributed by atoms with van der Waals surface area (Å²) in [4.78, 5) is 29.0. The van der Waals surface area contributed by atoms with Gasteiger partial charge in [-0.15, -0.1) is 23.1 Å². The molecule has 0 radical (unpaired) electrons. The van der Waals surface area contributed by atoms with E-state index in [0.717, 1.165) is 11.5 Å². The molecular formula is C16H17N3O3S2. The Morgan fingerprint density at radius 2 is 2.33 bits per heavy atom. The average molecular weight is 363 g/mol. The van der Waals surface area contributed by atoms with Crippen molar-refractivity contribution >= 4 is 34.0 Å². The average Bonchev–Trinajstić information content (AvgIpc) is 3.16. The summed E-state index contributed by atoms with van der Waals surface area (Å²) in [6, 6.07) is 5.08. The number of rotatable bonds is 6. The molecule has 0 spiro atoms. The maximum atomic E-state index is 12.0. The van der Waals surface area contributed by atoms with Crippen molar-refractivity contribution in [2.45, 2.75) is 25.6 Å². The summed E-state index contributed by atoms with van der Waals surface area (Å²) in [5.41, 5.74) is 0.595. The van der Waals surface area contributed by atoms with Gasteiger partial charge in [-0.25, -0.2) is 4.98 Å². The van der Waals surface area contributed by atoms with Crippen molar-refractivity contribution in [3.05, 3.63) is 57.3 Å². The number of fused-ring (bicyclic) bond motifs is 1. The molecule has 6 nitrogen and oxygen atoms in total. The molecule has 0 aromatic carbocycles. The van der Waals surface area contributed by atoms with Gasteiger partial charge < -0.3 is 9.73 Å². The standard InChI is InChI=1S/C16H17N3O3S2/c1-10-3-4-13(22-10)11(2)17-14(20)9-23-8-12-7-15(21)19-5-6-24-16(19)18-12/h3-7,11H,8-9H2,1-2H3,(H,17,20). The number of nitrogens with zero attached hydrogens (tertiary/aromatic N) is 2. The quantitative estimate of drug-likeness (QED) is 0.729. The van der Waals surface area contributed by atoms with Crippen molar-refractivity contribution in [1.29, 1.82) is 0 Å². The van der Waals surface area contributed by atoms with Crippen molar-refractivity contribution in [3.8, 4) is 0 Å². The van der Waals surface area contributed by atoms with Gasteiger partial charge in [0, 0.05) is 23.4 Å². The van der Waals surface area contributed by atoms with Crippen LogP contribution in [0, 0.1) is 6.92 Å². The number of carbonyl (C=O) groups is 1. The van der Waals surface area contributed by atoms with Crippen molar-refractivity contribution in [2.24, 2.45) is 0 Å². The van der Waals surface area contributed by atoms with Crippen molar-refractivity contribution in [1.82, 2.24) is 14.7 Å². The number of hydrogen-bond donors (Lipinski definition) is 1. The van der Waals surface area contributed by atoms with Crippen molar-refractivity contribution < 1.29 is 9.21 Å². The first-order chi connectivity index (χ1) is 11.5. The molecule has 0 saturated heterocycles. The molecule has 1 amide bonds. The van der Waals surface area contributed by atoms with E-state index in [-0.39, 0.29) is 17.5 Å². The third-order valence-corrected chi connectivity index (χ3v) is 5.13. The third kappa shape index (κ3) is 3.88. The number of hydrogen-bond acceptors (Lipinski definition) is 6. The molecule has 126 valence electrons. The molecule has 3 aromatic rings. The van der Waals surface area contributed by atoms with E-state index >= 15 is 0 Å². The van der Waals surface area contributed by atoms with Crippen LogP contribution >= 0.6 is 23.1 Å². The summed E-state index contributed by atoms with van der Waals surface area (Å²) in [5, 5.41) is 4.72. The molecule has 1 N–H and O–H groups in total. The lowest BCUT2D eigenvalue weighted by Crippen LogP contribution is -2.28. The molecule has 0 saturated carbocycles. The Hall–Kier alpha value is -2.06. The van der Waals surface area contributed by atoms with Crippen LogP contribution in [0.3, 0.4) is 0 Å². The minimum atomic E-state index is -0.169. The Kier molecular flexibility index (Phi) is 5.06. The zero-order valence-electron chi connectivity index (χ0n) is 13.3. The van der Waals surface area contributed by atoms with Gasteiger partial charge >= 0.3 is 0 Å². The largest absolute Gasteiger partial charge is 0.464 e. The minimum Gasteiger partial charge on any atom is -0.464 e. The molecule has 0 aliphatic rings. The van der Waals surface area contributed by atoms with Gasteiger partial charge in [-0.1, -0.05) is 0 Å². The van der Waals surface area contributed by atoms with E-state index in [0.29, 0.717) is 22.2 Å². The van der Waals surface area contributed by atoms with Crippen LogP contribution in [-0.2, 0) is 10.5 Å². The fourth-order valence-corrected chi connectivity index (χ4v) is 3.72. The van der Waals surface area contributed by atoms with Gasteiger partial charge in [0.15, 0.2) is 4.96 Å². The summed E-state index contributed by atoms with van der Waals surface area (Å²) >= 11 is 2.84. The van der Waals surface area contributed by atoms with Crippen LogP contribution in [0.15, 0.2) is 39.0 Å². The van der Waals surface area contributed by atoms with E-state index in [1.807, 2.05) is 31.4 Å². The van der Waals surface area contributed by atoms with Crippen molar-refractivity contribution in [2.75, 3.05) is 5.75 Å². The number of carbonyl (C=O) groups excluding carboxylic acids is 1. The fraction of sp³-hybridized carbons (Fsp3) is 0.312. The number of aromatic nitrogens is 2. The highest BCUT2D eigenvalue weighted by Crippen LogP contribution is 2.16. The van der Waals surface area contributed by atoms with Crippen LogP contribution in [0.25, 0.3) is 4.96 Å². The normalized spacial score (nSPS) is 12.4. The topological polar surface area (TPSA) is 76.6 Å². The van der Waals surface area contributed by atoms with Crippen LogP contribution in [0.1, 0.15) is 30.2 Å². The maximum Gasteiger partial charge on any atom is 0.258 e. The second kappa shape index (κ2) is 7.23. The van der Waals surface area contributed by atoms with Crippen LogP contribution in [0.2, 0.25) is 0 Å². The summed E-state index contributed by atoms with van der Waals surface area (Å²) in [7, 11) is 0. The second-order valence-corrected chi connectivity index (χ2v) is 7.23. The van der Waals surface area contributed by atoms with E-state index in [2.05, 4.69) is 10.3 Å². The SMILES string of the molecule is Cc1ccc(C(C)NC(=O)CSCc2cc(=O)n3ccsc3n2)o1. The molecule has 8 heteroatoms. The molecule has 3 rings (SSSR count). The molecule has 3 heterocycles. The predicted molar refractivity (Wildman–Crippen MR) is 95.5 cm³/mol. The van der Waals surface area contributed by atoms with Gasteiger partial charge in [-0.05, 0) is 26.0 Å². The lowest BCUT2D eigenvalue weighted by atomic mass is 10.2. The molecule has 0 aliphatic carbocycles. The van der Waals surface area contributed by atoms with Crippen LogP contribution in [0.4, 0.5) is 0 Å². The van der Waals surface area contributed by atoms with E-state index in [9.17, 15) is 9.59 Å².